The lowest BCUT2D eigenvalue weighted by Gasteiger charge is -2.18. The molecular formula is C22H13ClFN5O3. The first-order chi connectivity index (χ1) is 15.6. The zero-order valence-electron chi connectivity index (χ0n) is 16.3. The number of rotatable bonds is 2. The Hall–Kier alpha value is -3.98. The molecule has 0 bridgehead atoms. The number of ether oxygens (including phenoxy) is 2. The van der Waals surface area contributed by atoms with E-state index in [0.29, 0.717) is 52.9 Å². The number of pyridine rings is 1. The number of hydrogen-bond donors (Lipinski definition) is 0. The number of fused-ring (bicyclic) bond motifs is 4. The van der Waals surface area contributed by atoms with E-state index < -0.39 is 5.82 Å². The molecule has 32 heavy (non-hydrogen) atoms. The van der Waals surface area contributed by atoms with Gasteiger partial charge in [0.25, 0.3) is 11.3 Å². The highest BCUT2D eigenvalue weighted by Gasteiger charge is 2.17. The van der Waals surface area contributed by atoms with Gasteiger partial charge in [0, 0.05) is 18.0 Å². The van der Waals surface area contributed by atoms with Gasteiger partial charge < -0.3 is 9.47 Å². The molecule has 0 saturated heterocycles. The minimum Gasteiger partial charge on any atom is -0.486 e. The monoisotopic (exact) mass is 449 g/mol. The number of benzene rings is 2. The highest BCUT2D eigenvalue weighted by atomic mass is 35.5. The Bertz CT molecular complexity index is 1600. The molecule has 0 amide bonds. The number of hydrogen-bond acceptors (Lipinski definition) is 6. The average Bonchev–Trinajstić information content (AvgIpc) is 3.26. The normalized spacial score (nSPS) is 13.1. The number of halogens is 2. The summed E-state index contributed by atoms with van der Waals surface area (Å²) in [7, 11) is 0. The molecule has 0 saturated carbocycles. The van der Waals surface area contributed by atoms with Crippen molar-refractivity contribution in [2.75, 3.05) is 13.2 Å². The van der Waals surface area contributed by atoms with Crippen LogP contribution in [0.1, 0.15) is 0 Å². The summed E-state index contributed by atoms with van der Waals surface area (Å²) in [5, 5.41) is 4.82. The van der Waals surface area contributed by atoms with Crippen LogP contribution in [0.15, 0.2) is 59.7 Å². The van der Waals surface area contributed by atoms with Gasteiger partial charge in [0.2, 0.25) is 0 Å². The van der Waals surface area contributed by atoms with Crippen LogP contribution in [0.5, 0.6) is 11.5 Å². The molecule has 0 fully saturated rings. The summed E-state index contributed by atoms with van der Waals surface area (Å²) in [6.07, 6.45) is 3.04. The summed E-state index contributed by atoms with van der Waals surface area (Å²) < 4.78 is 27.6. The Balaban J connectivity index is 1.49. The fourth-order valence-corrected chi connectivity index (χ4v) is 3.84. The molecule has 0 radical (unpaired) electrons. The maximum atomic E-state index is 13.5. The van der Waals surface area contributed by atoms with E-state index in [1.54, 1.807) is 12.3 Å². The topological polar surface area (TPSA) is 83.5 Å². The third-order valence-electron chi connectivity index (χ3n) is 5.22. The van der Waals surface area contributed by atoms with E-state index in [2.05, 4.69) is 15.1 Å². The molecule has 5 aromatic rings. The molecule has 1 aliphatic rings. The quantitative estimate of drug-likeness (QED) is 0.409. The fraction of sp³-hybridized carbons (Fsp3) is 0.0909. The van der Waals surface area contributed by atoms with Crippen LogP contribution in [0.4, 0.5) is 4.39 Å². The van der Waals surface area contributed by atoms with Crippen molar-refractivity contribution in [2.24, 2.45) is 0 Å². The standard InChI is InChI=1S/C22H13ClFN5O3/c23-15-10-13(2-3-16(15)24)28-6-5-17-14(21(28)30)11-25-22-26-20(27-29(17)22)12-1-4-18-19(9-12)32-8-7-31-18/h1-6,9-11H,7-8H2. The minimum absolute atomic E-state index is 0.0663. The van der Waals surface area contributed by atoms with Crippen LogP contribution in [-0.2, 0) is 0 Å². The molecule has 6 rings (SSSR count). The van der Waals surface area contributed by atoms with E-state index in [0.717, 1.165) is 5.56 Å². The van der Waals surface area contributed by atoms with E-state index in [9.17, 15) is 9.18 Å². The first-order valence-electron chi connectivity index (χ1n) is 9.71. The van der Waals surface area contributed by atoms with Gasteiger partial charge in [0.15, 0.2) is 17.3 Å². The maximum Gasteiger partial charge on any atom is 0.266 e. The predicted molar refractivity (Wildman–Crippen MR) is 115 cm³/mol. The van der Waals surface area contributed by atoms with Crippen molar-refractivity contribution in [3.63, 3.8) is 0 Å². The van der Waals surface area contributed by atoms with E-state index in [1.807, 2.05) is 18.2 Å². The van der Waals surface area contributed by atoms with Gasteiger partial charge in [-0.1, -0.05) is 11.6 Å². The molecule has 158 valence electrons. The Morgan fingerprint density at radius 3 is 2.72 bits per heavy atom. The summed E-state index contributed by atoms with van der Waals surface area (Å²) in [5.74, 6) is 1.54. The lowest BCUT2D eigenvalue weighted by atomic mass is 10.2. The molecule has 0 atom stereocenters. The third-order valence-corrected chi connectivity index (χ3v) is 5.51. The maximum absolute atomic E-state index is 13.5. The summed E-state index contributed by atoms with van der Waals surface area (Å²) in [6.45, 7) is 0.989. The van der Waals surface area contributed by atoms with Crippen LogP contribution in [0.2, 0.25) is 5.02 Å². The van der Waals surface area contributed by atoms with Gasteiger partial charge in [-0.3, -0.25) is 9.36 Å². The van der Waals surface area contributed by atoms with E-state index in [1.165, 1.54) is 33.5 Å². The smallest absolute Gasteiger partial charge is 0.266 e. The SMILES string of the molecule is O=c1c2cnc3nc(-c4ccc5c(c4)OCCO5)nn3c2ccn1-c1ccc(F)c(Cl)c1. The van der Waals surface area contributed by atoms with Crippen molar-refractivity contribution in [1.82, 2.24) is 24.1 Å². The average molecular weight is 450 g/mol. The lowest BCUT2D eigenvalue weighted by Crippen LogP contribution is -2.19. The first-order valence-corrected chi connectivity index (χ1v) is 10.1. The molecule has 2 aromatic carbocycles. The second kappa shape index (κ2) is 7.03. The molecule has 1 aliphatic heterocycles. The summed E-state index contributed by atoms with van der Waals surface area (Å²) in [4.78, 5) is 21.9. The molecule has 0 unspecified atom stereocenters. The lowest BCUT2D eigenvalue weighted by molar-refractivity contribution is 0.171. The molecule has 0 spiro atoms. The zero-order chi connectivity index (χ0) is 21.8. The second-order valence-electron chi connectivity index (χ2n) is 7.15. The van der Waals surface area contributed by atoms with E-state index in [-0.39, 0.29) is 10.6 Å². The van der Waals surface area contributed by atoms with Crippen molar-refractivity contribution in [1.29, 1.82) is 0 Å². The van der Waals surface area contributed by atoms with Crippen molar-refractivity contribution >= 4 is 28.3 Å². The Labute approximate surface area is 184 Å². The molecule has 0 N–H and O–H groups in total. The van der Waals surface area contributed by atoms with Gasteiger partial charge in [0.05, 0.1) is 21.6 Å². The van der Waals surface area contributed by atoms with Crippen LogP contribution in [0.3, 0.4) is 0 Å². The summed E-state index contributed by atoms with van der Waals surface area (Å²) in [6, 6.07) is 11.3. The van der Waals surface area contributed by atoms with Crippen LogP contribution in [0.25, 0.3) is 33.8 Å². The predicted octanol–water partition coefficient (Wildman–Crippen LogP) is 3.66. The van der Waals surface area contributed by atoms with Crippen LogP contribution in [-0.4, -0.2) is 37.4 Å². The molecule has 8 nitrogen and oxygen atoms in total. The Morgan fingerprint density at radius 1 is 1.03 bits per heavy atom. The van der Waals surface area contributed by atoms with Gasteiger partial charge in [-0.25, -0.2) is 9.37 Å². The molecule has 0 aliphatic carbocycles. The number of nitrogens with zero attached hydrogens (tertiary/aromatic N) is 5. The number of aromatic nitrogens is 5. The fourth-order valence-electron chi connectivity index (χ4n) is 3.66. The Kier molecular flexibility index (Phi) is 4.12. The van der Waals surface area contributed by atoms with Gasteiger partial charge in [-0.15, -0.1) is 5.10 Å². The van der Waals surface area contributed by atoms with Crippen molar-refractivity contribution in [3.05, 3.63) is 76.1 Å². The van der Waals surface area contributed by atoms with Crippen molar-refractivity contribution < 1.29 is 13.9 Å². The van der Waals surface area contributed by atoms with Gasteiger partial charge in [-0.2, -0.15) is 9.50 Å². The molecular weight excluding hydrogens is 437 g/mol. The van der Waals surface area contributed by atoms with Crippen LogP contribution in [0, 0.1) is 5.82 Å². The summed E-state index contributed by atoms with van der Waals surface area (Å²) >= 11 is 5.88. The van der Waals surface area contributed by atoms with Crippen LogP contribution >= 0.6 is 11.6 Å². The zero-order valence-corrected chi connectivity index (χ0v) is 17.1. The third kappa shape index (κ3) is 2.89. The van der Waals surface area contributed by atoms with Crippen molar-refractivity contribution in [3.8, 4) is 28.6 Å². The highest BCUT2D eigenvalue weighted by Crippen LogP contribution is 2.33. The Morgan fingerprint density at radius 2 is 1.88 bits per heavy atom. The van der Waals surface area contributed by atoms with Crippen molar-refractivity contribution in [2.45, 2.75) is 0 Å². The minimum atomic E-state index is -0.554. The van der Waals surface area contributed by atoms with Gasteiger partial charge in [0.1, 0.15) is 19.0 Å². The molecule has 4 heterocycles. The summed E-state index contributed by atoms with van der Waals surface area (Å²) in [5.41, 5.74) is 1.39. The van der Waals surface area contributed by atoms with Crippen LogP contribution < -0.4 is 15.0 Å². The second-order valence-corrected chi connectivity index (χ2v) is 7.56. The first kappa shape index (κ1) is 18.8. The van der Waals surface area contributed by atoms with E-state index >= 15 is 0 Å². The van der Waals surface area contributed by atoms with E-state index in [4.69, 9.17) is 21.1 Å². The highest BCUT2D eigenvalue weighted by molar-refractivity contribution is 6.30. The van der Waals surface area contributed by atoms with Gasteiger partial charge >= 0.3 is 0 Å². The van der Waals surface area contributed by atoms with Gasteiger partial charge in [-0.05, 0) is 42.5 Å². The molecule has 3 aromatic heterocycles. The largest absolute Gasteiger partial charge is 0.486 e. The molecule has 10 heteroatoms.